The number of anilines is 1. The first-order chi connectivity index (χ1) is 9.40. The highest BCUT2D eigenvalue weighted by Crippen LogP contribution is 2.20. The summed E-state index contributed by atoms with van der Waals surface area (Å²) >= 11 is 0. The summed E-state index contributed by atoms with van der Waals surface area (Å²) in [5.41, 5.74) is 2.54. The normalized spacial score (nSPS) is 10.3. The van der Waals surface area contributed by atoms with Crippen molar-refractivity contribution in [3.8, 4) is 0 Å². The number of hydrogen-bond donors (Lipinski definition) is 2. The van der Waals surface area contributed by atoms with Crippen LogP contribution in [0.25, 0.3) is 0 Å². The van der Waals surface area contributed by atoms with Crippen molar-refractivity contribution in [2.45, 2.75) is 13.8 Å². The van der Waals surface area contributed by atoms with Crippen LogP contribution in [0.4, 0.5) is 5.69 Å². The highest BCUT2D eigenvalue weighted by atomic mass is 16.4. The number of aromatic carboxylic acids is 1. The van der Waals surface area contributed by atoms with Crippen LogP contribution in [0.5, 0.6) is 0 Å². The fourth-order valence-electron chi connectivity index (χ4n) is 1.92. The van der Waals surface area contributed by atoms with Gasteiger partial charge in [0.1, 0.15) is 5.69 Å². The highest BCUT2D eigenvalue weighted by Gasteiger charge is 2.14. The molecule has 2 N–H and O–H groups in total. The van der Waals surface area contributed by atoms with E-state index in [9.17, 15) is 9.59 Å². The predicted molar refractivity (Wildman–Crippen MR) is 74.0 cm³/mol. The summed E-state index contributed by atoms with van der Waals surface area (Å²) in [5, 5.41) is 11.8. The van der Waals surface area contributed by atoms with Gasteiger partial charge >= 0.3 is 5.97 Å². The second kappa shape index (κ2) is 5.16. The molecule has 20 heavy (non-hydrogen) atoms. The van der Waals surface area contributed by atoms with Gasteiger partial charge in [-0.25, -0.2) is 9.78 Å². The van der Waals surface area contributed by atoms with Gasteiger partial charge in [-0.2, -0.15) is 0 Å². The van der Waals surface area contributed by atoms with Crippen LogP contribution in [-0.2, 0) is 7.05 Å². The number of nitrogens with zero attached hydrogens (tertiary/aromatic N) is 2. The van der Waals surface area contributed by atoms with Crippen LogP contribution in [-0.4, -0.2) is 26.5 Å². The fourth-order valence-corrected chi connectivity index (χ4v) is 1.92. The zero-order chi connectivity index (χ0) is 14.9. The van der Waals surface area contributed by atoms with Gasteiger partial charge in [0.2, 0.25) is 0 Å². The summed E-state index contributed by atoms with van der Waals surface area (Å²) in [5.74, 6) is -1.34. The van der Waals surface area contributed by atoms with Gasteiger partial charge < -0.3 is 15.0 Å². The zero-order valence-electron chi connectivity index (χ0n) is 11.5. The molecule has 0 fully saturated rings. The SMILES string of the molecule is Cc1cc(NC(=O)c2cncn2C)cc(C(=O)O)c1C. The number of aryl methyl sites for hydroxylation is 2. The minimum absolute atomic E-state index is 0.185. The lowest BCUT2D eigenvalue weighted by Gasteiger charge is -2.10. The molecule has 0 aliphatic rings. The molecule has 0 saturated heterocycles. The minimum Gasteiger partial charge on any atom is -0.478 e. The summed E-state index contributed by atoms with van der Waals surface area (Å²) in [6, 6.07) is 3.20. The molecule has 1 heterocycles. The first kappa shape index (κ1) is 13.8. The maximum absolute atomic E-state index is 12.1. The second-order valence-corrected chi connectivity index (χ2v) is 4.61. The van der Waals surface area contributed by atoms with Crippen LogP contribution >= 0.6 is 0 Å². The number of imidazole rings is 1. The molecule has 0 radical (unpaired) electrons. The molecule has 0 unspecified atom stereocenters. The number of carbonyl (C=O) groups is 2. The summed E-state index contributed by atoms with van der Waals surface area (Å²) in [6.07, 6.45) is 2.98. The van der Waals surface area contributed by atoms with Gasteiger partial charge in [-0.05, 0) is 37.1 Å². The van der Waals surface area contributed by atoms with Gasteiger partial charge in [0.25, 0.3) is 5.91 Å². The smallest absolute Gasteiger partial charge is 0.336 e. The van der Waals surface area contributed by atoms with Crippen LogP contribution in [0.3, 0.4) is 0 Å². The van der Waals surface area contributed by atoms with Crippen LogP contribution < -0.4 is 5.32 Å². The van der Waals surface area contributed by atoms with E-state index in [1.807, 2.05) is 6.92 Å². The molecular formula is C14H15N3O3. The van der Waals surface area contributed by atoms with E-state index in [1.165, 1.54) is 18.6 Å². The Morgan fingerprint density at radius 3 is 2.55 bits per heavy atom. The summed E-state index contributed by atoms with van der Waals surface area (Å²) in [6.45, 7) is 3.55. The van der Waals surface area contributed by atoms with Gasteiger partial charge in [0.05, 0.1) is 18.1 Å². The number of benzene rings is 1. The molecule has 2 aromatic rings. The van der Waals surface area contributed by atoms with E-state index in [0.29, 0.717) is 16.9 Å². The van der Waals surface area contributed by atoms with E-state index in [4.69, 9.17) is 5.11 Å². The second-order valence-electron chi connectivity index (χ2n) is 4.61. The van der Waals surface area contributed by atoms with Crippen LogP contribution in [0.1, 0.15) is 32.0 Å². The van der Waals surface area contributed by atoms with E-state index in [0.717, 1.165) is 5.56 Å². The van der Waals surface area contributed by atoms with Crippen molar-refractivity contribution in [3.05, 3.63) is 47.0 Å². The van der Waals surface area contributed by atoms with Gasteiger partial charge in [-0.1, -0.05) is 0 Å². The Balaban J connectivity index is 2.33. The number of rotatable bonds is 3. The maximum atomic E-state index is 12.1. The molecule has 0 atom stereocenters. The van der Waals surface area contributed by atoms with Crippen molar-refractivity contribution in [1.82, 2.24) is 9.55 Å². The van der Waals surface area contributed by atoms with Crippen molar-refractivity contribution in [2.75, 3.05) is 5.32 Å². The van der Waals surface area contributed by atoms with Crippen molar-refractivity contribution in [1.29, 1.82) is 0 Å². The average molecular weight is 273 g/mol. The molecule has 6 nitrogen and oxygen atoms in total. The van der Waals surface area contributed by atoms with Crippen LogP contribution in [0.15, 0.2) is 24.7 Å². The van der Waals surface area contributed by atoms with Gasteiger partial charge in [-0.15, -0.1) is 0 Å². The van der Waals surface area contributed by atoms with Gasteiger partial charge in [-0.3, -0.25) is 4.79 Å². The Labute approximate surface area is 116 Å². The average Bonchev–Trinajstić information content (AvgIpc) is 2.79. The van der Waals surface area contributed by atoms with E-state index in [2.05, 4.69) is 10.3 Å². The van der Waals surface area contributed by atoms with Crippen molar-refractivity contribution >= 4 is 17.6 Å². The summed E-state index contributed by atoms with van der Waals surface area (Å²) in [7, 11) is 1.71. The molecular weight excluding hydrogens is 258 g/mol. The summed E-state index contributed by atoms with van der Waals surface area (Å²) in [4.78, 5) is 27.1. The van der Waals surface area contributed by atoms with E-state index >= 15 is 0 Å². The molecule has 0 bridgehead atoms. The third-order valence-corrected chi connectivity index (χ3v) is 3.20. The number of carboxylic acids is 1. The topological polar surface area (TPSA) is 84.2 Å². The number of amides is 1. The lowest BCUT2D eigenvalue weighted by molar-refractivity contribution is 0.0695. The highest BCUT2D eigenvalue weighted by molar-refractivity contribution is 6.03. The number of aromatic nitrogens is 2. The lowest BCUT2D eigenvalue weighted by atomic mass is 10.0. The Morgan fingerprint density at radius 1 is 1.30 bits per heavy atom. The number of carboxylic acid groups (broad SMARTS) is 1. The first-order valence-corrected chi connectivity index (χ1v) is 6.02. The van der Waals surface area contributed by atoms with Crippen molar-refractivity contribution < 1.29 is 14.7 Å². The largest absolute Gasteiger partial charge is 0.478 e. The van der Waals surface area contributed by atoms with E-state index < -0.39 is 5.97 Å². The predicted octanol–water partition coefficient (Wildman–Crippen LogP) is 1.99. The van der Waals surface area contributed by atoms with E-state index in [1.54, 1.807) is 24.6 Å². The Bertz CT molecular complexity index is 689. The monoisotopic (exact) mass is 273 g/mol. The molecule has 1 aromatic heterocycles. The third-order valence-electron chi connectivity index (χ3n) is 3.20. The Morgan fingerprint density at radius 2 is 2.00 bits per heavy atom. The van der Waals surface area contributed by atoms with Crippen molar-refractivity contribution in [3.63, 3.8) is 0 Å². The van der Waals surface area contributed by atoms with Crippen molar-refractivity contribution in [2.24, 2.45) is 7.05 Å². The molecule has 0 aliphatic carbocycles. The number of nitrogens with one attached hydrogen (secondary N) is 1. The van der Waals surface area contributed by atoms with Crippen LogP contribution in [0.2, 0.25) is 0 Å². The van der Waals surface area contributed by atoms with Gasteiger partial charge in [0, 0.05) is 12.7 Å². The zero-order valence-corrected chi connectivity index (χ0v) is 11.5. The number of carbonyl (C=O) groups excluding carboxylic acids is 1. The summed E-state index contributed by atoms with van der Waals surface area (Å²) < 4.78 is 1.59. The van der Waals surface area contributed by atoms with Gasteiger partial charge in [0.15, 0.2) is 0 Å². The minimum atomic E-state index is -1.01. The maximum Gasteiger partial charge on any atom is 0.336 e. The van der Waals surface area contributed by atoms with E-state index in [-0.39, 0.29) is 11.5 Å². The standard InChI is InChI=1S/C14H15N3O3/c1-8-4-10(5-11(9(8)2)14(19)20)16-13(18)12-6-15-7-17(12)3/h4-7H,1-3H3,(H,16,18)(H,19,20). The molecule has 104 valence electrons. The molecule has 6 heteroatoms. The fraction of sp³-hybridized carbons (Fsp3) is 0.214. The quantitative estimate of drug-likeness (QED) is 0.895. The third kappa shape index (κ3) is 2.54. The molecule has 1 amide bonds. The molecule has 1 aromatic carbocycles. The first-order valence-electron chi connectivity index (χ1n) is 6.02. The molecule has 0 spiro atoms. The number of hydrogen-bond acceptors (Lipinski definition) is 3. The Hall–Kier alpha value is -2.63. The molecule has 0 saturated carbocycles. The molecule has 0 aliphatic heterocycles. The van der Waals surface area contributed by atoms with Crippen LogP contribution in [0, 0.1) is 13.8 Å². The Kier molecular flexibility index (Phi) is 3.56. The molecule has 2 rings (SSSR count). The lowest BCUT2D eigenvalue weighted by Crippen LogP contribution is -2.16.